The molecule has 0 aromatic carbocycles. The second-order valence-corrected chi connectivity index (χ2v) is 4.90. The van der Waals surface area contributed by atoms with Crippen LogP contribution in [0.15, 0.2) is 29.4 Å². The summed E-state index contributed by atoms with van der Waals surface area (Å²) < 4.78 is 5.35. The third kappa shape index (κ3) is 6.10. The average molecular weight is 291 g/mol. The molecule has 0 aliphatic carbocycles. The molecular weight excluding hydrogens is 266 g/mol. The van der Waals surface area contributed by atoms with Gasteiger partial charge in [-0.2, -0.15) is 0 Å². The van der Waals surface area contributed by atoms with Gasteiger partial charge in [-0.05, 0) is 19.1 Å². The van der Waals surface area contributed by atoms with Crippen molar-refractivity contribution in [3.8, 4) is 0 Å². The number of ether oxygens (including phenoxy) is 1. The Hall–Kier alpha value is -1.66. The van der Waals surface area contributed by atoms with Gasteiger partial charge >= 0.3 is 0 Å². The molecule has 0 unspecified atom stereocenters. The fourth-order valence-corrected chi connectivity index (χ4v) is 2.15. The van der Waals surface area contributed by atoms with Gasteiger partial charge < -0.3 is 15.4 Å². The molecule has 1 aromatic heterocycles. The van der Waals surface area contributed by atoms with E-state index < -0.39 is 0 Å². The Balaban J connectivity index is 1.75. The number of nitrogens with zero attached hydrogens (tertiary/aromatic N) is 3. The summed E-state index contributed by atoms with van der Waals surface area (Å²) in [5.74, 6) is 0.844. The topological polar surface area (TPSA) is 61.8 Å². The zero-order chi connectivity index (χ0) is 14.8. The van der Waals surface area contributed by atoms with Crippen molar-refractivity contribution in [1.82, 2.24) is 20.5 Å². The molecule has 0 radical (unpaired) electrons. The Kier molecular flexibility index (Phi) is 6.97. The molecule has 2 heterocycles. The predicted molar refractivity (Wildman–Crippen MR) is 84.3 cm³/mol. The predicted octanol–water partition coefficient (Wildman–Crippen LogP) is 0.469. The summed E-state index contributed by atoms with van der Waals surface area (Å²) in [6.07, 6.45) is 1.80. The van der Waals surface area contributed by atoms with Crippen LogP contribution in [0.3, 0.4) is 0 Å². The first-order chi connectivity index (χ1) is 10.4. The molecule has 1 aliphatic rings. The van der Waals surface area contributed by atoms with Crippen molar-refractivity contribution in [3.63, 3.8) is 0 Å². The molecule has 2 N–H and O–H groups in total. The maximum Gasteiger partial charge on any atom is 0.191 e. The van der Waals surface area contributed by atoms with E-state index in [2.05, 4.69) is 32.4 Å². The van der Waals surface area contributed by atoms with Crippen LogP contribution in [0.2, 0.25) is 0 Å². The summed E-state index contributed by atoms with van der Waals surface area (Å²) in [4.78, 5) is 11.2. The highest BCUT2D eigenvalue weighted by atomic mass is 16.5. The van der Waals surface area contributed by atoms with E-state index in [4.69, 9.17) is 4.74 Å². The molecule has 2 rings (SSSR count). The standard InChI is InChI=1S/C15H25N5O/c1-2-16-15(19-13-14-5-3-4-6-17-14)18-7-8-20-9-11-21-12-10-20/h3-6H,2,7-13H2,1H3,(H2,16,18,19). The van der Waals surface area contributed by atoms with Crippen LogP contribution in [0.1, 0.15) is 12.6 Å². The van der Waals surface area contributed by atoms with Gasteiger partial charge in [0.2, 0.25) is 0 Å². The number of rotatable bonds is 6. The molecule has 0 saturated carbocycles. The van der Waals surface area contributed by atoms with Gasteiger partial charge in [-0.15, -0.1) is 0 Å². The van der Waals surface area contributed by atoms with Crippen LogP contribution >= 0.6 is 0 Å². The minimum atomic E-state index is 0.591. The zero-order valence-corrected chi connectivity index (χ0v) is 12.7. The summed E-state index contributed by atoms with van der Waals surface area (Å²) in [5, 5.41) is 6.63. The molecule has 1 aliphatic heterocycles. The van der Waals surface area contributed by atoms with Crippen molar-refractivity contribution in [3.05, 3.63) is 30.1 Å². The largest absolute Gasteiger partial charge is 0.379 e. The highest BCUT2D eigenvalue weighted by Crippen LogP contribution is 1.96. The van der Waals surface area contributed by atoms with Crippen molar-refractivity contribution in [2.24, 2.45) is 4.99 Å². The lowest BCUT2D eigenvalue weighted by atomic mass is 10.3. The van der Waals surface area contributed by atoms with Crippen LogP contribution in [-0.2, 0) is 11.3 Å². The molecule has 1 saturated heterocycles. The monoisotopic (exact) mass is 291 g/mol. The normalized spacial score (nSPS) is 16.7. The highest BCUT2D eigenvalue weighted by molar-refractivity contribution is 5.79. The number of hydrogen-bond donors (Lipinski definition) is 2. The lowest BCUT2D eigenvalue weighted by Gasteiger charge is -2.26. The maximum absolute atomic E-state index is 5.35. The van der Waals surface area contributed by atoms with Crippen molar-refractivity contribution in [2.45, 2.75) is 13.5 Å². The molecule has 0 bridgehead atoms. The van der Waals surface area contributed by atoms with Gasteiger partial charge in [0.25, 0.3) is 0 Å². The molecule has 0 amide bonds. The zero-order valence-electron chi connectivity index (χ0n) is 12.7. The maximum atomic E-state index is 5.35. The van der Waals surface area contributed by atoms with Crippen molar-refractivity contribution >= 4 is 5.96 Å². The first-order valence-electron chi connectivity index (χ1n) is 7.60. The van der Waals surface area contributed by atoms with E-state index >= 15 is 0 Å². The van der Waals surface area contributed by atoms with Gasteiger partial charge in [-0.1, -0.05) is 6.07 Å². The fourth-order valence-electron chi connectivity index (χ4n) is 2.15. The number of pyridine rings is 1. The Labute approximate surface area is 126 Å². The van der Waals surface area contributed by atoms with Crippen LogP contribution < -0.4 is 10.6 Å². The number of hydrogen-bond acceptors (Lipinski definition) is 4. The van der Waals surface area contributed by atoms with Crippen molar-refractivity contribution in [2.75, 3.05) is 45.9 Å². The Morgan fingerprint density at radius 1 is 1.33 bits per heavy atom. The van der Waals surface area contributed by atoms with Crippen LogP contribution in [0.5, 0.6) is 0 Å². The second kappa shape index (κ2) is 9.31. The van der Waals surface area contributed by atoms with E-state index in [1.165, 1.54) is 0 Å². The van der Waals surface area contributed by atoms with E-state index in [1.54, 1.807) is 6.20 Å². The SMILES string of the molecule is CCNC(=NCc1ccccn1)NCCN1CCOCC1. The van der Waals surface area contributed by atoms with E-state index in [-0.39, 0.29) is 0 Å². The minimum Gasteiger partial charge on any atom is -0.379 e. The van der Waals surface area contributed by atoms with Crippen LogP contribution in [0.25, 0.3) is 0 Å². The number of nitrogens with one attached hydrogen (secondary N) is 2. The summed E-state index contributed by atoms with van der Waals surface area (Å²) >= 11 is 0. The number of aromatic nitrogens is 1. The molecule has 6 nitrogen and oxygen atoms in total. The van der Waals surface area contributed by atoms with Gasteiger partial charge in [0.05, 0.1) is 25.5 Å². The summed E-state index contributed by atoms with van der Waals surface area (Å²) in [6.45, 7) is 9.12. The quantitative estimate of drug-likeness (QED) is 0.589. The van der Waals surface area contributed by atoms with E-state index in [1.807, 2.05) is 18.2 Å². The Morgan fingerprint density at radius 3 is 2.90 bits per heavy atom. The molecule has 0 atom stereocenters. The first-order valence-corrected chi connectivity index (χ1v) is 7.60. The Bertz CT molecular complexity index is 417. The number of guanidine groups is 1. The highest BCUT2D eigenvalue weighted by Gasteiger charge is 2.09. The molecule has 0 spiro atoms. The molecule has 21 heavy (non-hydrogen) atoms. The lowest BCUT2D eigenvalue weighted by Crippen LogP contribution is -2.44. The van der Waals surface area contributed by atoms with Crippen molar-refractivity contribution < 1.29 is 4.74 Å². The van der Waals surface area contributed by atoms with E-state index in [0.717, 1.165) is 57.6 Å². The van der Waals surface area contributed by atoms with E-state index in [0.29, 0.717) is 6.54 Å². The molecular formula is C15H25N5O. The van der Waals surface area contributed by atoms with Gasteiger partial charge in [-0.25, -0.2) is 4.99 Å². The third-order valence-corrected chi connectivity index (χ3v) is 3.29. The van der Waals surface area contributed by atoms with Crippen LogP contribution in [0, 0.1) is 0 Å². The van der Waals surface area contributed by atoms with Gasteiger partial charge in [0.1, 0.15) is 0 Å². The summed E-state index contributed by atoms with van der Waals surface area (Å²) in [6, 6.07) is 5.89. The van der Waals surface area contributed by atoms with Gasteiger partial charge in [0, 0.05) is 38.9 Å². The molecule has 1 fully saturated rings. The molecule has 116 valence electrons. The lowest BCUT2D eigenvalue weighted by molar-refractivity contribution is 0.0389. The fraction of sp³-hybridized carbons (Fsp3) is 0.600. The van der Waals surface area contributed by atoms with E-state index in [9.17, 15) is 0 Å². The summed E-state index contributed by atoms with van der Waals surface area (Å²) in [7, 11) is 0. The minimum absolute atomic E-state index is 0.591. The van der Waals surface area contributed by atoms with Crippen LogP contribution in [-0.4, -0.2) is 61.8 Å². The average Bonchev–Trinajstić information content (AvgIpc) is 2.54. The van der Waals surface area contributed by atoms with Crippen LogP contribution in [0.4, 0.5) is 0 Å². The number of aliphatic imine (C=N–C) groups is 1. The Morgan fingerprint density at radius 2 is 2.19 bits per heavy atom. The summed E-state index contributed by atoms with van der Waals surface area (Å²) in [5.41, 5.74) is 0.975. The molecule has 1 aromatic rings. The van der Waals surface area contributed by atoms with Crippen molar-refractivity contribution in [1.29, 1.82) is 0 Å². The third-order valence-electron chi connectivity index (χ3n) is 3.29. The van der Waals surface area contributed by atoms with Gasteiger partial charge in [-0.3, -0.25) is 9.88 Å². The first kappa shape index (κ1) is 15.7. The second-order valence-electron chi connectivity index (χ2n) is 4.90. The number of morpholine rings is 1. The molecule has 6 heteroatoms. The van der Waals surface area contributed by atoms with Gasteiger partial charge in [0.15, 0.2) is 5.96 Å². The smallest absolute Gasteiger partial charge is 0.191 e.